The molecule has 0 spiro atoms. The molecule has 0 aromatic carbocycles. The van der Waals surface area contributed by atoms with Crippen LogP contribution in [-0.4, -0.2) is 47.1 Å². The summed E-state index contributed by atoms with van der Waals surface area (Å²) in [6.45, 7) is 1.86. The van der Waals surface area contributed by atoms with E-state index in [0.717, 1.165) is 24.9 Å². The van der Waals surface area contributed by atoms with Gasteiger partial charge < -0.3 is 14.4 Å². The number of rotatable bonds is 5. The van der Waals surface area contributed by atoms with Crippen LogP contribution in [0.5, 0.6) is 5.88 Å². The molecule has 0 saturated carbocycles. The van der Waals surface area contributed by atoms with Gasteiger partial charge in [-0.1, -0.05) is 6.07 Å². The topological polar surface area (TPSA) is 64.5 Å². The maximum Gasteiger partial charge on any atom is 0.254 e. The highest BCUT2D eigenvalue weighted by Gasteiger charge is 2.25. The third kappa shape index (κ3) is 4.08. The van der Waals surface area contributed by atoms with Gasteiger partial charge in [-0.3, -0.25) is 9.78 Å². The highest BCUT2D eigenvalue weighted by Crippen LogP contribution is 2.18. The highest BCUT2D eigenvalue weighted by molar-refractivity contribution is 5.94. The molecule has 3 rings (SSSR count). The van der Waals surface area contributed by atoms with Gasteiger partial charge in [-0.25, -0.2) is 4.98 Å². The second-order valence-corrected chi connectivity index (χ2v) is 5.77. The van der Waals surface area contributed by atoms with Crippen molar-refractivity contribution in [1.82, 2.24) is 14.9 Å². The summed E-state index contributed by atoms with van der Waals surface area (Å²) in [6, 6.07) is 7.27. The Bertz CT molecular complexity index is 678. The fourth-order valence-electron chi connectivity index (χ4n) is 2.79. The lowest BCUT2D eigenvalue weighted by atomic mass is 10.1. The molecular weight excluding hydrogens is 306 g/mol. The molecular formula is C18H21N3O3. The Kier molecular flexibility index (Phi) is 5.38. The molecule has 0 radical (unpaired) electrons. The maximum atomic E-state index is 12.7. The number of likely N-dealkylation sites (tertiary alicyclic amines) is 1. The molecule has 0 N–H and O–H groups in total. The van der Waals surface area contributed by atoms with Crippen molar-refractivity contribution in [1.29, 1.82) is 0 Å². The summed E-state index contributed by atoms with van der Waals surface area (Å²) in [7, 11) is 1.54. The summed E-state index contributed by atoms with van der Waals surface area (Å²) < 4.78 is 11.0. The summed E-state index contributed by atoms with van der Waals surface area (Å²) in [4.78, 5) is 22.6. The van der Waals surface area contributed by atoms with Gasteiger partial charge in [0.25, 0.3) is 5.91 Å². The molecule has 0 unspecified atom stereocenters. The van der Waals surface area contributed by atoms with Crippen LogP contribution in [0.4, 0.5) is 0 Å². The average molecular weight is 327 g/mol. The quantitative estimate of drug-likeness (QED) is 0.843. The Morgan fingerprint density at radius 2 is 2.29 bits per heavy atom. The van der Waals surface area contributed by atoms with Crippen molar-refractivity contribution in [3.05, 3.63) is 54.0 Å². The van der Waals surface area contributed by atoms with Gasteiger partial charge in [-0.15, -0.1) is 0 Å². The zero-order chi connectivity index (χ0) is 16.8. The second-order valence-electron chi connectivity index (χ2n) is 5.77. The Morgan fingerprint density at radius 3 is 3.08 bits per heavy atom. The van der Waals surface area contributed by atoms with Crippen LogP contribution < -0.4 is 4.74 Å². The molecule has 0 aliphatic carbocycles. The predicted octanol–water partition coefficient (Wildman–Crippen LogP) is 2.31. The maximum absolute atomic E-state index is 12.7. The summed E-state index contributed by atoms with van der Waals surface area (Å²) >= 11 is 0. The van der Waals surface area contributed by atoms with Crippen molar-refractivity contribution in [2.45, 2.75) is 25.6 Å². The van der Waals surface area contributed by atoms with Crippen LogP contribution >= 0.6 is 0 Å². The molecule has 1 atom stereocenters. The van der Waals surface area contributed by atoms with Gasteiger partial charge in [-0.05, 0) is 30.5 Å². The van der Waals surface area contributed by atoms with E-state index >= 15 is 0 Å². The Labute approximate surface area is 141 Å². The van der Waals surface area contributed by atoms with Crippen LogP contribution in [0.1, 0.15) is 28.8 Å². The Morgan fingerprint density at radius 1 is 1.38 bits per heavy atom. The van der Waals surface area contributed by atoms with Crippen LogP contribution in [0.25, 0.3) is 0 Å². The largest absolute Gasteiger partial charge is 0.481 e. The molecule has 1 fully saturated rings. The van der Waals surface area contributed by atoms with Gasteiger partial charge in [0.05, 0.1) is 19.8 Å². The Balaban J connectivity index is 1.59. The van der Waals surface area contributed by atoms with Crippen LogP contribution in [0, 0.1) is 0 Å². The molecule has 2 aromatic heterocycles. The monoisotopic (exact) mass is 327 g/mol. The van der Waals surface area contributed by atoms with Gasteiger partial charge in [-0.2, -0.15) is 0 Å². The molecule has 6 heteroatoms. The van der Waals surface area contributed by atoms with Gasteiger partial charge in [0.1, 0.15) is 0 Å². The van der Waals surface area contributed by atoms with Crippen molar-refractivity contribution >= 4 is 5.91 Å². The number of ether oxygens (including phenoxy) is 2. The summed E-state index contributed by atoms with van der Waals surface area (Å²) in [5.41, 5.74) is 1.63. The number of amides is 1. The summed E-state index contributed by atoms with van der Waals surface area (Å²) in [5, 5.41) is 0. The number of methoxy groups -OCH3 is 1. The Hall–Kier alpha value is -2.47. The van der Waals surface area contributed by atoms with E-state index in [9.17, 15) is 4.79 Å². The first-order chi connectivity index (χ1) is 11.8. The minimum absolute atomic E-state index is 0.00891. The first-order valence-electron chi connectivity index (χ1n) is 8.06. The van der Waals surface area contributed by atoms with E-state index in [0.29, 0.717) is 24.6 Å². The van der Waals surface area contributed by atoms with E-state index in [-0.39, 0.29) is 12.0 Å². The standard InChI is InChI=1S/C18H21N3O3/c1-23-17-10-15(6-8-20-17)18(22)21-9-3-5-16(12-21)24-13-14-4-2-7-19-11-14/h2,4,6-8,10-11,16H,3,5,9,12-13H2,1H3/t16-/m1/s1. The first kappa shape index (κ1) is 16.4. The third-order valence-electron chi connectivity index (χ3n) is 4.06. The number of carbonyl (C=O) groups is 1. The molecule has 0 bridgehead atoms. The predicted molar refractivity (Wildman–Crippen MR) is 88.7 cm³/mol. The number of pyridine rings is 2. The van der Waals surface area contributed by atoms with Crippen molar-refractivity contribution in [2.75, 3.05) is 20.2 Å². The van der Waals surface area contributed by atoms with Gasteiger partial charge in [0.15, 0.2) is 0 Å². The van der Waals surface area contributed by atoms with E-state index in [1.807, 2.05) is 17.0 Å². The van der Waals surface area contributed by atoms with E-state index in [4.69, 9.17) is 9.47 Å². The minimum atomic E-state index is -0.00891. The molecule has 1 aliphatic rings. The zero-order valence-electron chi connectivity index (χ0n) is 13.7. The highest BCUT2D eigenvalue weighted by atomic mass is 16.5. The van der Waals surface area contributed by atoms with Gasteiger partial charge >= 0.3 is 0 Å². The van der Waals surface area contributed by atoms with Crippen LogP contribution in [0.3, 0.4) is 0 Å². The molecule has 2 aromatic rings. The number of hydrogen-bond donors (Lipinski definition) is 0. The van der Waals surface area contributed by atoms with E-state index < -0.39 is 0 Å². The van der Waals surface area contributed by atoms with Crippen molar-refractivity contribution < 1.29 is 14.3 Å². The van der Waals surface area contributed by atoms with Crippen molar-refractivity contribution in [3.8, 4) is 5.88 Å². The van der Waals surface area contributed by atoms with E-state index in [2.05, 4.69) is 9.97 Å². The molecule has 1 aliphatic heterocycles. The molecule has 6 nitrogen and oxygen atoms in total. The molecule has 3 heterocycles. The molecule has 126 valence electrons. The summed E-state index contributed by atoms with van der Waals surface area (Å²) in [5.74, 6) is 0.438. The van der Waals surface area contributed by atoms with E-state index in [1.165, 1.54) is 0 Å². The summed E-state index contributed by atoms with van der Waals surface area (Å²) in [6.07, 6.45) is 7.08. The number of aromatic nitrogens is 2. The van der Waals surface area contributed by atoms with Gasteiger partial charge in [0, 0.05) is 43.3 Å². The normalized spacial score (nSPS) is 17.5. The molecule has 24 heavy (non-hydrogen) atoms. The van der Waals surface area contributed by atoms with Crippen molar-refractivity contribution in [2.24, 2.45) is 0 Å². The van der Waals surface area contributed by atoms with Crippen LogP contribution in [0.15, 0.2) is 42.9 Å². The lowest BCUT2D eigenvalue weighted by molar-refractivity contribution is -0.00682. The fraction of sp³-hybridized carbons (Fsp3) is 0.389. The smallest absolute Gasteiger partial charge is 0.254 e. The van der Waals surface area contributed by atoms with E-state index in [1.54, 1.807) is 37.8 Å². The van der Waals surface area contributed by atoms with Gasteiger partial charge in [0.2, 0.25) is 5.88 Å². The second kappa shape index (κ2) is 7.88. The van der Waals surface area contributed by atoms with Crippen LogP contribution in [-0.2, 0) is 11.3 Å². The zero-order valence-corrected chi connectivity index (χ0v) is 13.7. The lowest BCUT2D eigenvalue weighted by Gasteiger charge is -2.32. The number of piperidine rings is 1. The lowest BCUT2D eigenvalue weighted by Crippen LogP contribution is -2.43. The van der Waals surface area contributed by atoms with Crippen LogP contribution in [0.2, 0.25) is 0 Å². The number of nitrogens with zero attached hydrogens (tertiary/aromatic N) is 3. The SMILES string of the molecule is COc1cc(C(=O)N2CCC[C@@H](OCc3cccnc3)C2)ccn1. The third-order valence-corrected chi connectivity index (χ3v) is 4.06. The average Bonchev–Trinajstić information content (AvgIpc) is 2.67. The van der Waals surface area contributed by atoms with Crippen molar-refractivity contribution in [3.63, 3.8) is 0 Å². The number of hydrogen-bond acceptors (Lipinski definition) is 5. The number of carbonyl (C=O) groups excluding carboxylic acids is 1. The minimum Gasteiger partial charge on any atom is -0.481 e. The first-order valence-corrected chi connectivity index (χ1v) is 8.06. The fourth-order valence-corrected chi connectivity index (χ4v) is 2.79. The molecule has 1 amide bonds. The molecule has 1 saturated heterocycles.